The molecule has 2 aromatic carbocycles. The van der Waals surface area contributed by atoms with Gasteiger partial charge in [0.1, 0.15) is 11.5 Å². The summed E-state index contributed by atoms with van der Waals surface area (Å²) in [4.78, 5) is 31.9. The summed E-state index contributed by atoms with van der Waals surface area (Å²) in [6, 6.07) is 10.5. The number of thiazole rings is 1. The predicted molar refractivity (Wildman–Crippen MR) is 146 cm³/mol. The van der Waals surface area contributed by atoms with Crippen molar-refractivity contribution >= 4 is 55.2 Å². The minimum absolute atomic E-state index is 0.220. The molecular formula is C26H24Br2N2O5S. The van der Waals surface area contributed by atoms with Crippen molar-refractivity contribution in [3.63, 3.8) is 0 Å². The largest absolute Gasteiger partial charge is 0.494 e. The molecular weight excluding hydrogens is 612 g/mol. The van der Waals surface area contributed by atoms with Crippen molar-refractivity contribution in [1.29, 1.82) is 0 Å². The van der Waals surface area contributed by atoms with Crippen LogP contribution in [0.2, 0.25) is 0 Å². The highest BCUT2D eigenvalue weighted by Crippen LogP contribution is 2.35. The monoisotopic (exact) mass is 634 g/mol. The average Bonchev–Trinajstić information content (AvgIpc) is 3.13. The lowest BCUT2D eigenvalue weighted by Crippen LogP contribution is -2.39. The van der Waals surface area contributed by atoms with Gasteiger partial charge >= 0.3 is 5.97 Å². The zero-order chi connectivity index (χ0) is 26.0. The fraction of sp³-hybridized carbons (Fsp3) is 0.269. The Labute approximate surface area is 229 Å². The average molecular weight is 636 g/mol. The van der Waals surface area contributed by atoms with Crippen LogP contribution in [0.4, 0.5) is 0 Å². The molecule has 0 saturated heterocycles. The zero-order valence-corrected chi connectivity index (χ0v) is 24.1. The highest BCUT2D eigenvalue weighted by Gasteiger charge is 2.33. The van der Waals surface area contributed by atoms with Gasteiger partial charge in [-0.2, -0.15) is 0 Å². The number of carbonyl (C=O) groups excluding carboxylic acids is 1. The summed E-state index contributed by atoms with van der Waals surface area (Å²) in [5, 5.41) is 0. The number of carbonyl (C=O) groups is 1. The number of methoxy groups -OCH3 is 1. The predicted octanol–water partition coefficient (Wildman–Crippen LogP) is 4.73. The summed E-state index contributed by atoms with van der Waals surface area (Å²) in [5.74, 6) is 0.886. The van der Waals surface area contributed by atoms with Crippen LogP contribution in [0.1, 0.15) is 37.9 Å². The Bertz CT molecular complexity index is 1500. The number of esters is 1. The summed E-state index contributed by atoms with van der Waals surface area (Å²) < 4.78 is 19.9. The molecule has 0 fully saturated rings. The van der Waals surface area contributed by atoms with Gasteiger partial charge in [-0.05, 0) is 94.1 Å². The number of hydrogen-bond donors (Lipinski definition) is 0. The van der Waals surface area contributed by atoms with Gasteiger partial charge in [0.2, 0.25) is 0 Å². The second kappa shape index (κ2) is 11.1. The summed E-state index contributed by atoms with van der Waals surface area (Å²) >= 11 is 8.29. The standard InChI is InChI=1S/C26H24Br2N2O5S/c1-5-34-17-9-7-16(8-10-17)22-21(25(32)35-6-2)14(3)29-26-30(22)24(31)20(36-26)13-15-11-18(27)23(33-4)19(28)12-15/h7-13,22H,5-6H2,1-4H3/b20-13-/t22-/m0/s1. The molecule has 2 heterocycles. The second-order valence-corrected chi connectivity index (χ2v) is 10.5. The molecule has 1 aliphatic heterocycles. The van der Waals surface area contributed by atoms with E-state index in [0.717, 1.165) is 20.1 Å². The van der Waals surface area contributed by atoms with E-state index in [1.165, 1.54) is 11.3 Å². The third-order valence-corrected chi connectivity index (χ3v) is 7.71. The summed E-state index contributed by atoms with van der Waals surface area (Å²) in [6.07, 6.45) is 1.80. The molecule has 1 aliphatic rings. The maximum Gasteiger partial charge on any atom is 0.338 e. The smallest absolute Gasteiger partial charge is 0.338 e. The lowest BCUT2D eigenvalue weighted by molar-refractivity contribution is -0.139. The second-order valence-electron chi connectivity index (χ2n) is 7.82. The number of ether oxygens (including phenoxy) is 3. The minimum Gasteiger partial charge on any atom is -0.494 e. The molecule has 1 atom stereocenters. The topological polar surface area (TPSA) is 79.1 Å². The van der Waals surface area contributed by atoms with E-state index in [2.05, 4.69) is 36.9 Å². The quantitative estimate of drug-likeness (QED) is 0.351. The molecule has 36 heavy (non-hydrogen) atoms. The number of halogens is 2. The van der Waals surface area contributed by atoms with E-state index in [4.69, 9.17) is 14.2 Å². The van der Waals surface area contributed by atoms with E-state index in [0.29, 0.717) is 38.7 Å². The number of aromatic nitrogens is 1. The van der Waals surface area contributed by atoms with E-state index in [1.807, 2.05) is 43.3 Å². The number of allylic oxidation sites excluding steroid dienone is 1. The van der Waals surface area contributed by atoms with Crippen LogP contribution >= 0.6 is 43.2 Å². The lowest BCUT2D eigenvalue weighted by Gasteiger charge is -2.24. The van der Waals surface area contributed by atoms with Gasteiger partial charge in [-0.15, -0.1) is 0 Å². The van der Waals surface area contributed by atoms with Gasteiger partial charge in [-0.1, -0.05) is 23.5 Å². The van der Waals surface area contributed by atoms with Crippen molar-refractivity contribution in [3.8, 4) is 11.5 Å². The molecule has 3 aromatic rings. The Balaban J connectivity index is 1.91. The maximum absolute atomic E-state index is 13.7. The first-order valence-electron chi connectivity index (χ1n) is 11.2. The van der Waals surface area contributed by atoms with Crippen molar-refractivity contribution in [2.45, 2.75) is 26.8 Å². The molecule has 0 saturated carbocycles. The Hall–Kier alpha value is -2.69. The zero-order valence-electron chi connectivity index (χ0n) is 20.1. The third kappa shape index (κ3) is 5.07. The first kappa shape index (κ1) is 26.4. The van der Waals surface area contributed by atoms with Crippen LogP contribution in [0.25, 0.3) is 6.08 Å². The highest BCUT2D eigenvalue weighted by atomic mass is 79.9. The number of nitrogens with zero attached hydrogens (tertiary/aromatic N) is 2. The van der Waals surface area contributed by atoms with Crippen LogP contribution in [0.5, 0.6) is 11.5 Å². The molecule has 188 valence electrons. The van der Waals surface area contributed by atoms with Crippen LogP contribution in [0.3, 0.4) is 0 Å². The van der Waals surface area contributed by atoms with Gasteiger partial charge in [-0.3, -0.25) is 9.36 Å². The van der Waals surface area contributed by atoms with Gasteiger partial charge in [0.05, 0.1) is 51.1 Å². The molecule has 0 spiro atoms. The van der Waals surface area contributed by atoms with Gasteiger partial charge in [0, 0.05) is 0 Å². The molecule has 7 nitrogen and oxygen atoms in total. The third-order valence-electron chi connectivity index (χ3n) is 5.55. The Morgan fingerprint density at radius 3 is 2.39 bits per heavy atom. The Morgan fingerprint density at radius 1 is 1.14 bits per heavy atom. The van der Waals surface area contributed by atoms with Crippen LogP contribution < -0.4 is 24.4 Å². The Morgan fingerprint density at radius 2 is 1.81 bits per heavy atom. The minimum atomic E-state index is -0.674. The molecule has 0 radical (unpaired) electrons. The number of rotatable bonds is 7. The summed E-state index contributed by atoms with van der Waals surface area (Å²) in [7, 11) is 1.59. The molecule has 0 unspecified atom stereocenters. The molecule has 0 amide bonds. The molecule has 0 N–H and O–H groups in total. The molecule has 10 heteroatoms. The van der Waals surface area contributed by atoms with Gasteiger partial charge in [0.15, 0.2) is 4.80 Å². The maximum atomic E-state index is 13.7. The van der Waals surface area contributed by atoms with E-state index in [9.17, 15) is 9.59 Å². The van der Waals surface area contributed by atoms with Crippen molar-refractivity contribution < 1.29 is 19.0 Å². The van der Waals surface area contributed by atoms with Crippen LogP contribution in [-0.4, -0.2) is 30.9 Å². The summed E-state index contributed by atoms with van der Waals surface area (Å²) in [5.41, 5.74) is 2.19. The van der Waals surface area contributed by atoms with Crippen LogP contribution in [0, 0.1) is 0 Å². The van der Waals surface area contributed by atoms with Crippen LogP contribution in [-0.2, 0) is 9.53 Å². The number of fused-ring (bicyclic) bond motifs is 1. The molecule has 0 bridgehead atoms. The normalized spacial score (nSPS) is 15.4. The highest BCUT2D eigenvalue weighted by molar-refractivity contribution is 9.11. The lowest BCUT2D eigenvalue weighted by atomic mass is 9.96. The Kier molecular flexibility index (Phi) is 8.17. The SMILES string of the molecule is CCOC(=O)C1=C(C)N=c2s/c(=C\c3cc(Br)c(OC)c(Br)c3)c(=O)n2[C@H]1c1ccc(OCC)cc1. The van der Waals surface area contributed by atoms with Crippen LogP contribution in [0.15, 0.2) is 66.4 Å². The fourth-order valence-corrected chi connectivity index (χ4v) is 6.62. The van der Waals surface area contributed by atoms with Gasteiger partial charge in [-0.25, -0.2) is 9.79 Å². The van der Waals surface area contributed by atoms with E-state index in [1.54, 1.807) is 31.6 Å². The van der Waals surface area contributed by atoms with Crippen molar-refractivity contribution in [2.24, 2.45) is 4.99 Å². The fourth-order valence-electron chi connectivity index (χ4n) is 4.03. The van der Waals surface area contributed by atoms with Crippen molar-refractivity contribution in [3.05, 3.63) is 87.4 Å². The first-order chi connectivity index (χ1) is 17.3. The summed E-state index contributed by atoms with van der Waals surface area (Å²) in [6.45, 7) is 6.19. The first-order valence-corrected chi connectivity index (χ1v) is 13.6. The molecule has 0 aliphatic carbocycles. The number of hydrogen-bond acceptors (Lipinski definition) is 7. The van der Waals surface area contributed by atoms with Gasteiger partial charge in [0.25, 0.3) is 5.56 Å². The van der Waals surface area contributed by atoms with E-state index >= 15 is 0 Å². The molecule has 4 rings (SSSR count). The number of benzene rings is 2. The van der Waals surface area contributed by atoms with E-state index < -0.39 is 12.0 Å². The van der Waals surface area contributed by atoms with E-state index in [-0.39, 0.29) is 12.2 Å². The van der Waals surface area contributed by atoms with Gasteiger partial charge < -0.3 is 14.2 Å². The molecule has 1 aromatic heterocycles. The van der Waals surface area contributed by atoms with Crippen molar-refractivity contribution in [1.82, 2.24) is 4.57 Å². The van der Waals surface area contributed by atoms with Crippen molar-refractivity contribution in [2.75, 3.05) is 20.3 Å².